The number of carbonyl (C=O) groups is 3. The quantitative estimate of drug-likeness (QED) is 0.250. The molecule has 0 bridgehead atoms. The fourth-order valence-electron chi connectivity index (χ4n) is 6.20. The van der Waals surface area contributed by atoms with Crippen LogP contribution in [0, 0.1) is 12.3 Å². The predicted octanol–water partition coefficient (Wildman–Crippen LogP) is 3.95. The standard InChI is InChI=1S/C31H32BrN7O5/c1-17(40)28-22-9-19(20-12-33-18(2)34-13-20)5-8-24(22)38(37-28)14-27(41)39-25(10-31(16-44-4)11-26(31)39)30(42)36-29-23(32)7-6-21(35-29)15-43-3/h5-9,12-13,25-26H,10-11,14-16H2,1-4H3,(H,35,36,42)/t25-,26?,31?/m0/s1. The molecule has 1 aliphatic carbocycles. The fourth-order valence-corrected chi connectivity index (χ4v) is 6.52. The Hall–Kier alpha value is -4.07. The van der Waals surface area contributed by atoms with E-state index in [0.29, 0.717) is 52.3 Å². The summed E-state index contributed by atoms with van der Waals surface area (Å²) < 4.78 is 12.8. The van der Waals surface area contributed by atoms with E-state index < -0.39 is 6.04 Å². The van der Waals surface area contributed by atoms with Crippen molar-refractivity contribution in [3.05, 3.63) is 64.4 Å². The van der Waals surface area contributed by atoms with Gasteiger partial charge in [-0.25, -0.2) is 15.0 Å². The number of Topliss-reactive ketones (excluding diaryl/α,β-unsaturated/α-hetero) is 1. The van der Waals surface area contributed by atoms with Crippen molar-refractivity contribution in [2.75, 3.05) is 26.1 Å². The maximum atomic E-state index is 14.0. The number of fused-ring (bicyclic) bond motifs is 2. The van der Waals surface area contributed by atoms with Gasteiger partial charge in [-0.05, 0) is 65.5 Å². The van der Waals surface area contributed by atoms with Crippen molar-refractivity contribution in [1.29, 1.82) is 0 Å². The molecule has 1 aliphatic heterocycles. The van der Waals surface area contributed by atoms with Crippen LogP contribution in [0.5, 0.6) is 0 Å². The number of piperidine rings is 1. The van der Waals surface area contributed by atoms with Crippen LogP contribution >= 0.6 is 15.9 Å². The monoisotopic (exact) mass is 661 g/mol. The number of amides is 2. The lowest BCUT2D eigenvalue weighted by Gasteiger charge is -2.27. The maximum absolute atomic E-state index is 14.0. The topological polar surface area (TPSA) is 141 Å². The molecule has 4 aromatic rings. The number of rotatable bonds is 10. The third-order valence-corrected chi connectivity index (χ3v) is 9.00. The minimum absolute atomic E-state index is 0.134. The number of likely N-dealkylation sites (tertiary alicyclic amines) is 1. The van der Waals surface area contributed by atoms with Crippen molar-refractivity contribution in [1.82, 2.24) is 29.6 Å². The van der Waals surface area contributed by atoms with Gasteiger partial charge in [-0.1, -0.05) is 6.07 Å². The molecule has 3 aromatic heterocycles. The number of aryl methyl sites for hydroxylation is 1. The van der Waals surface area contributed by atoms with Crippen LogP contribution in [0.25, 0.3) is 22.0 Å². The number of hydrogen-bond donors (Lipinski definition) is 1. The largest absolute Gasteiger partial charge is 0.384 e. The molecule has 0 radical (unpaired) electrons. The number of pyridine rings is 1. The summed E-state index contributed by atoms with van der Waals surface area (Å²) in [5, 5.41) is 8.09. The molecule has 44 heavy (non-hydrogen) atoms. The average Bonchev–Trinajstić information content (AvgIpc) is 3.40. The fraction of sp³-hybridized carbons (Fsp3) is 0.387. The van der Waals surface area contributed by atoms with E-state index in [-0.39, 0.29) is 41.3 Å². The van der Waals surface area contributed by atoms with Gasteiger partial charge in [0.2, 0.25) is 11.8 Å². The first-order chi connectivity index (χ1) is 21.1. The number of carbonyl (C=O) groups excluding carboxylic acids is 3. The molecule has 13 heteroatoms. The van der Waals surface area contributed by atoms with Gasteiger partial charge in [-0.2, -0.15) is 5.10 Å². The molecule has 2 amide bonds. The minimum Gasteiger partial charge on any atom is -0.384 e. The third kappa shape index (κ3) is 5.51. The van der Waals surface area contributed by atoms with Gasteiger partial charge in [-0.15, -0.1) is 0 Å². The first-order valence-electron chi connectivity index (χ1n) is 14.2. The van der Waals surface area contributed by atoms with Crippen LogP contribution < -0.4 is 5.32 Å². The van der Waals surface area contributed by atoms with Gasteiger partial charge < -0.3 is 19.7 Å². The Morgan fingerprint density at radius 1 is 1.07 bits per heavy atom. The molecule has 1 saturated carbocycles. The number of ketones is 1. The highest BCUT2D eigenvalue weighted by Gasteiger charge is 2.67. The Bertz CT molecular complexity index is 1780. The molecule has 2 unspecified atom stereocenters. The number of methoxy groups -OCH3 is 2. The Labute approximate surface area is 262 Å². The lowest BCUT2D eigenvalue weighted by atomic mass is 10.00. The van der Waals surface area contributed by atoms with Crippen LogP contribution in [0.1, 0.15) is 41.8 Å². The zero-order chi connectivity index (χ0) is 31.2. The summed E-state index contributed by atoms with van der Waals surface area (Å²) >= 11 is 3.46. The van der Waals surface area contributed by atoms with Crippen molar-refractivity contribution >= 4 is 50.2 Å². The van der Waals surface area contributed by atoms with Crippen molar-refractivity contribution in [3.63, 3.8) is 0 Å². The lowest BCUT2D eigenvalue weighted by Crippen LogP contribution is -2.47. The van der Waals surface area contributed by atoms with Crippen LogP contribution in [0.2, 0.25) is 0 Å². The van der Waals surface area contributed by atoms with Gasteiger partial charge in [-0.3, -0.25) is 19.1 Å². The predicted molar refractivity (Wildman–Crippen MR) is 165 cm³/mol. The van der Waals surface area contributed by atoms with Gasteiger partial charge >= 0.3 is 0 Å². The number of aromatic nitrogens is 5. The second kappa shape index (κ2) is 11.8. The molecule has 3 atom stereocenters. The van der Waals surface area contributed by atoms with Gasteiger partial charge in [0, 0.05) is 55.9 Å². The second-order valence-electron chi connectivity index (χ2n) is 11.4. The molecule has 6 rings (SSSR count). The first-order valence-corrected chi connectivity index (χ1v) is 15.0. The zero-order valence-corrected chi connectivity index (χ0v) is 26.4. The van der Waals surface area contributed by atoms with Gasteiger partial charge in [0.05, 0.1) is 28.9 Å². The highest BCUT2D eigenvalue weighted by Crippen LogP contribution is 2.59. The molecule has 1 aromatic carbocycles. The molecular weight excluding hydrogens is 630 g/mol. The minimum atomic E-state index is -0.724. The number of ether oxygens (including phenoxy) is 2. The molecular formula is C31H32BrN7O5. The molecule has 4 heterocycles. The highest BCUT2D eigenvalue weighted by atomic mass is 79.9. The number of halogens is 1. The van der Waals surface area contributed by atoms with E-state index in [0.717, 1.165) is 17.5 Å². The van der Waals surface area contributed by atoms with E-state index in [9.17, 15) is 14.4 Å². The molecule has 0 spiro atoms. The van der Waals surface area contributed by atoms with Crippen LogP contribution in [-0.2, 0) is 32.2 Å². The normalized spacial score (nSPS) is 20.5. The summed E-state index contributed by atoms with van der Waals surface area (Å²) in [5.41, 5.74) is 2.93. The van der Waals surface area contributed by atoms with Crippen molar-refractivity contribution in [3.8, 4) is 11.1 Å². The summed E-state index contributed by atoms with van der Waals surface area (Å²) in [6, 6.07) is 8.34. The molecule has 2 fully saturated rings. The lowest BCUT2D eigenvalue weighted by molar-refractivity contribution is -0.138. The maximum Gasteiger partial charge on any atom is 0.248 e. The van der Waals surface area contributed by atoms with E-state index in [1.165, 1.54) is 6.92 Å². The van der Waals surface area contributed by atoms with Crippen molar-refractivity contribution in [2.45, 2.75) is 51.9 Å². The SMILES string of the molecule is COCc1ccc(Br)c(NC(=O)[C@@H]2CC3(COC)CC3N2C(=O)Cn2nc(C(C)=O)c3cc(-c4cnc(C)nc4)ccc32)n1. The smallest absolute Gasteiger partial charge is 0.248 e. The summed E-state index contributed by atoms with van der Waals surface area (Å²) in [5.74, 6) is 0.210. The molecule has 2 aliphatic rings. The Morgan fingerprint density at radius 3 is 2.55 bits per heavy atom. The highest BCUT2D eigenvalue weighted by molar-refractivity contribution is 9.10. The molecule has 228 valence electrons. The van der Waals surface area contributed by atoms with E-state index in [1.807, 2.05) is 25.1 Å². The number of nitrogens with one attached hydrogen (secondary N) is 1. The van der Waals surface area contributed by atoms with Gasteiger partial charge in [0.15, 0.2) is 5.78 Å². The van der Waals surface area contributed by atoms with Crippen LogP contribution in [0.4, 0.5) is 5.82 Å². The van der Waals surface area contributed by atoms with Crippen LogP contribution in [0.15, 0.2) is 47.2 Å². The van der Waals surface area contributed by atoms with Gasteiger partial charge in [0.25, 0.3) is 0 Å². The Balaban J connectivity index is 1.29. The zero-order valence-electron chi connectivity index (χ0n) is 24.8. The Morgan fingerprint density at radius 2 is 1.84 bits per heavy atom. The van der Waals surface area contributed by atoms with E-state index >= 15 is 0 Å². The van der Waals surface area contributed by atoms with E-state index in [2.05, 4.69) is 41.3 Å². The summed E-state index contributed by atoms with van der Waals surface area (Å²) in [7, 11) is 3.20. The van der Waals surface area contributed by atoms with Crippen LogP contribution in [0.3, 0.4) is 0 Å². The number of nitrogens with zero attached hydrogens (tertiary/aromatic N) is 6. The van der Waals surface area contributed by atoms with Crippen molar-refractivity contribution in [2.24, 2.45) is 5.41 Å². The number of hydrogen-bond acceptors (Lipinski definition) is 9. The van der Waals surface area contributed by atoms with Crippen molar-refractivity contribution < 1.29 is 23.9 Å². The average molecular weight is 663 g/mol. The molecule has 1 saturated heterocycles. The third-order valence-electron chi connectivity index (χ3n) is 8.36. The molecule has 12 nitrogen and oxygen atoms in total. The number of benzene rings is 1. The first kappa shape index (κ1) is 30.0. The number of anilines is 1. The summed E-state index contributed by atoms with van der Waals surface area (Å²) in [6.07, 6.45) is 4.68. The van der Waals surface area contributed by atoms with E-state index in [1.54, 1.807) is 48.3 Å². The second-order valence-corrected chi connectivity index (χ2v) is 12.3. The summed E-state index contributed by atoms with van der Waals surface area (Å²) in [4.78, 5) is 55.0. The molecule has 1 N–H and O–H groups in total. The van der Waals surface area contributed by atoms with Crippen LogP contribution in [-0.4, -0.2) is 80.1 Å². The van der Waals surface area contributed by atoms with Gasteiger partial charge in [0.1, 0.15) is 29.9 Å². The Kier molecular flexibility index (Phi) is 8.03. The summed E-state index contributed by atoms with van der Waals surface area (Å²) in [6.45, 7) is 3.87. The van der Waals surface area contributed by atoms with E-state index in [4.69, 9.17) is 9.47 Å².